The molecule has 0 aliphatic carbocycles. The van der Waals surface area contributed by atoms with Crippen molar-refractivity contribution in [3.05, 3.63) is 71.4 Å². The van der Waals surface area contributed by atoms with Crippen LogP contribution in [0, 0.1) is 34.0 Å². The van der Waals surface area contributed by atoms with Gasteiger partial charge in [-0.15, -0.1) is 0 Å². The van der Waals surface area contributed by atoms with Crippen LogP contribution in [0.4, 0.5) is 11.4 Å². The minimum atomic E-state index is -0.301. The summed E-state index contributed by atoms with van der Waals surface area (Å²) in [4.78, 5) is 12.1. The third-order valence-electron chi connectivity index (χ3n) is 3.48. The Hall–Kier alpha value is -4.08. The number of nitrogens with zero attached hydrogens (tertiary/aromatic N) is 3. The van der Waals surface area contributed by atoms with Gasteiger partial charge in [-0.1, -0.05) is 36.4 Å². The van der Waals surface area contributed by atoms with Gasteiger partial charge in [0, 0.05) is 17.8 Å². The van der Waals surface area contributed by atoms with Gasteiger partial charge in [0.2, 0.25) is 5.91 Å². The molecule has 0 aromatic heterocycles. The summed E-state index contributed by atoms with van der Waals surface area (Å²) in [5.41, 5.74) is 1.70. The summed E-state index contributed by atoms with van der Waals surface area (Å²) in [7, 11) is 0. The first-order chi connectivity index (χ1) is 12.7. The second kappa shape index (κ2) is 9.27. The molecule has 2 N–H and O–H groups in total. The van der Waals surface area contributed by atoms with Gasteiger partial charge in [-0.05, 0) is 30.2 Å². The predicted molar refractivity (Wildman–Crippen MR) is 97.3 cm³/mol. The number of carbonyl (C=O) groups is 1. The molecule has 0 radical (unpaired) electrons. The number of allylic oxidation sites excluding steroid dienone is 2. The predicted octanol–water partition coefficient (Wildman–Crippen LogP) is 3.49. The van der Waals surface area contributed by atoms with Gasteiger partial charge in [0.15, 0.2) is 5.57 Å². The Morgan fingerprint density at radius 3 is 2.12 bits per heavy atom. The molecule has 0 bridgehead atoms. The summed E-state index contributed by atoms with van der Waals surface area (Å²) in [6.07, 6.45) is 0.984. The number of rotatable bonds is 6. The molecule has 2 rings (SSSR count). The van der Waals surface area contributed by atoms with E-state index in [1.54, 1.807) is 42.5 Å². The number of anilines is 2. The second-order valence-corrected chi connectivity index (χ2v) is 5.32. The van der Waals surface area contributed by atoms with Gasteiger partial charge in [0.25, 0.3) is 0 Å². The van der Waals surface area contributed by atoms with Gasteiger partial charge in [-0.2, -0.15) is 15.8 Å². The molecule has 0 atom stereocenters. The molecule has 0 fully saturated rings. The standard InChI is InChI=1S/C20H15N5O/c21-12-16(13-22)19(14-23)24-17-7-4-8-18(11-17)25-20(26)10-9-15-5-2-1-3-6-15/h1-8,11,24H,9-10H2,(H,25,26). The zero-order chi connectivity index (χ0) is 18.8. The fourth-order valence-electron chi connectivity index (χ4n) is 2.23. The highest BCUT2D eigenvalue weighted by atomic mass is 16.1. The minimum absolute atomic E-state index is 0.128. The Bertz CT molecular complexity index is 927. The maximum absolute atomic E-state index is 12.1. The molecular formula is C20H15N5O. The Balaban J connectivity index is 2.02. The molecule has 6 heteroatoms. The van der Waals surface area contributed by atoms with Crippen LogP contribution < -0.4 is 10.6 Å². The van der Waals surface area contributed by atoms with Crippen molar-refractivity contribution in [2.75, 3.05) is 10.6 Å². The molecular weight excluding hydrogens is 326 g/mol. The lowest BCUT2D eigenvalue weighted by atomic mass is 10.1. The first-order valence-electron chi connectivity index (χ1n) is 7.81. The second-order valence-electron chi connectivity index (χ2n) is 5.32. The first-order valence-corrected chi connectivity index (χ1v) is 7.81. The van der Waals surface area contributed by atoms with E-state index in [9.17, 15) is 4.79 Å². The van der Waals surface area contributed by atoms with Crippen molar-refractivity contribution in [3.63, 3.8) is 0 Å². The van der Waals surface area contributed by atoms with E-state index in [4.69, 9.17) is 15.8 Å². The van der Waals surface area contributed by atoms with E-state index in [0.29, 0.717) is 24.2 Å². The smallest absolute Gasteiger partial charge is 0.224 e. The molecule has 2 aromatic rings. The number of amides is 1. The number of hydrogen-bond donors (Lipinski definition) is 2. The Kier molecular flexibility index (Phi) is 6.51. The van der Waals surface area contributed by atoms with Gasteiger partial charge in [0.1, 0.15) is 23.9 Å². The Morgan fingerprint density at radius 1 is 0.846 bits per heavy atom. The van der Waals surface area contributed by atoms with E-state index in [2.05, 4.69) is 10.6 Å². The van der Waals surface area contributed by atoms with Crippen molar-refractivity contribution in [1.82, 2.24) is 0 Å². The van der Waals surface area contributed by atoms with Crippen LogP contribution in [0.3, 0.4) is 0 Å². The van der Waals surface area contributed by atoms with Gasteiger partial charge in [-0.25, -0.2) is 0 Å². The van der Waals surface area contributed by atoms with Crippen molar-refractivity contribution < 1.29 is 4.79 Å². The largest absolute Gasteiger partial charge is 0.345 e. The van der Waals surface area contributed by atoms with E-state index in [1.165, 1.54) is 0 Å². The highest BCUT2D eigenvalue weighted by Crippen LogP contribution is 2.18. The molecule has 0 unspecified atom stereocenters. The van der Waals surface area contributed by atoms with Crippen LogP contribution in [0.1, 0.15) is 12.0 Å². The monoisotopic (exact) mass is 341 g/mol. The minimum Gasteiger partial charge on any atom is -0.345 e. The molecule has 1 amide bonds. The SMILES string of the molecule is N#CC(C#N)=C(C#N)Nc1cccc(NC(=O)CCc2ccccc2)c1. The zero-order valence-corrected chi connectivity index (χ0v) is 13.9. The van der Waals surface area contributed by atoms with Crippen molar-refractivity contribution in [2.45, 2.75) is 12.8 Å². The van der Waals surface area contributed by atoms with Crippen molar-refractivity contribution in [1.29, 1.82) is 15.8 Å². The van der Waals surface area contributed by atoms with Crippen LogP contribution in [0.2, 0.25) is 0 Å². The van der Waals surface area contributed by atoms with Crippen LogP contribution >= 0.6 is 0 Å². The van der Waals surface area contributed by atoms with Crippen LogP contribution in [0.15, 0.2) is 65.9 Å². The van der Waals surface area contributed by atoms with E-state index in [0.717, 1.165) is 5.56 Å². The fraction of sp³-hybridized carbons (Fsp3) is 0.100. The number of carbonyl (C=O) groups excluding carboxylic acids is 1. The molecule has 0 saturated carbocycles. The molecule has 0 aliphatic heterocycles. The molecule has 0 spiro atoms. The topological polar surface area (TPSA) is 112 Å². The molecule has 0 saturated heterocycles. The Labute approximate surface area is 151 Å². The lowest BCUT2D eigenvalue weighted by Crippen LogP contribution is -2.12. The van der Waals surface area contributed by atoms with Crippen LogP contribution in [0.5, 0.6) is 0 Å². The van der Waals surface area contributed by atoms with Gasteiger partial charge < -0.3 is 10.6 Å². The van der Waals surface area contributed by atoms with Crippen molar-refractivity contribution >= 4 is 17.3 Å². The summed E-state index contributed by atoms with van der Waals surface area (Å²) >= 11 is 0. The third-order valence-corrected chi connectivity index (χ3v) is 3.48. The van der Waals surface area contributed by atoms with Crippen LogP contribution in [0.25, 0.3) is 0 Å². The van der Waals surface area contributed by atoms with Gasteiger partial charge in [0.05, 0.1) is 0 Å². The lowest BCUT2D eigenvalue weighted by molar-refractivity contribution is -0.116. The third kappa shape index (κ3) is 5.23. The summed E-state index contributed by atoms with van der Waals surface area (Å²) in [6, 6.07) is 21.6. The zero-order valence-electron chi connectivity index (χ0n) is 13.9. The summed E-state index contributed by atoms with van der Waals surface area (Å²) in [5, 5.41) is 32.3. The normalized spacial score (nSPS) is 9.12. The fourth-order valence-corrected chi connectivity index (χ4v) is 2.23. The van der Waals surface area contributed by atoms with Crippen molar-refractivity contribution in [3.8, 4) is 18.2 Å². The summed E-state index contributed by atoms with van der Waals surface area (Å²) in [6.45, 7) is 0. The average Bonchev–Trinajstić information content (AvgIpc) is 2.67. The van der Waals surface area contributed by atoms with E-state index >= 15 is 0 Å². The Morgan fingerprint density at radius 2 is 1.50 bits per heavy atom. The summed E-state index contributed by atoms with van der Waals surface area (Å²) in [5.74, 6) is -0.128. The lowest BCUT2D eigenvalue weighted by Gasteiger charge is -2.09. The number of nitrogens with one attached hydrogen (secondary N) is 2. The molecule has 2 aromatic carbocycles. The number of hydrogen-bond acceptors (Lipinski definition) is 5. The first kappa shape index (κ1) is 18.3. The van der Waals surface area contributed by atoms with Crippen LogP contribution in [-0.2, 0) is 11.2 Å². The number of aryl methyl sites for hydroxylation is 1. The average molecular weight is 341 g/mol. The molecule has 126 valence electrons. The number of benzene rings is 2. The molecule has 26 heavy (non-hydrogen) atoms. The van der Waals surface area contributed by atoms with Crippen molar-refractivity contribution in [2.24, 2.45) is 0 Å². The van der Waals surface area contributed by atoms with E-state index in [-0.39, 0.29) is 17.2 Å². The highest BCUT2D eigenvalue weighted by molar-refractivity contribution is 5.91. The maximum Gasteiger partial charge on any atom is 0.224 e. The highest BCUT2D eigenvalue weighted by Gasteiger charge is 2.08. The number of nitriles is 3. The van der Waals surface area contributed by atoms with Crippen LogP contribution in [-0.4, -0.2) is 5.91 Å². The molecule has 0 aliphatic rings. The summed E-state index contributed by atoms with van der Waals surface area (Å²) < 4.78 is 0. The molecule has 0 heterocycles. The van der Waals surface area contributed by atoms with E-state index < -0.39 is 0 Å². The van der Waals surface area contributed by atoms with Gasteiger partial charge >= 0.3 is 0 Å². The van der Waals surface area contributed by atoms with Gasteiger partial charge in [-0.3, -0.25) is 4.79 Å². The quantitative estimate of drug-likeness (QED) is 0.781. The van der Waals surface area contributed by atoms with E-state index in [1.807, 2.05) is 30.3 Å². The maximum atomic E-state index is 12.1. The molecule has 6 nitrogen and oxygen atoms in total.